The molecule has 1 aromatic heterocycles. The van der Waals surface area contributed by atoms with E-state index in [0.717, 1.165) is 28.6 Å². The van der Waals surface area contributed by atoms with Crippen molar-refractivity contribution in [2.75, 3.05) is 6.54 Å². The molecular formula is C17H18Cl2N2O. The highest BCUT2D eigenvalue weighted by Gasteiger charge is 2.10. The van der Waals surface area contributed by atoms with E-state index < -0.39 is 0 Å². The Balaban J connectivity index is 0.00000176. The molecule has 3 aromatic rings. The fourth-order valence-electron chi connectivity index (χ4n) is 2.34. The van der Waals surface area contributed by atoms with E-state index in [1.54, 1.807) is 0 Å². The number of aromatic nitrogens is 1. The molecule has 0 bridgehead atoms. The van der Waals surface area contributed by atoms with Crippen LogP contribution in [-0.4, -0.2) is 11.5 Å². The van der Waals surface area contributed by atoms with Crippen molar-refractivity contribution in [2.24, 2.45) is 5.73 Å². The maximum Gasteiger partial charge on any atom is 0.139 e. The van der Waals surface area contributed by atoms with Gasteiger partial charge in [0.2, 0.25) is 0 Å². The van der Waals surface area contributed by atoms with Crippen LogP contribution >= 0.6 is 24.0 Å². The van der Waals surface area contributed by atoms with Crippen molar-refractivity contribution in [2.45, 2.75) is 13.0 Å². The number of rotatable bonds is 5. The Hall–Kier alpha value is -1.68. The van der Waals surface area contributed by atoms with E-state index in [1.165, 1.54) is 0 Å². The van der Waals surface area contributed by atoms with Crippen LogP contribution in [0, 0.1) is 0 Å². The highest BCUT2D eigenvalue weighted by molar-refractivity contribution is 6.37. The van der Waals surface area contributed by atoms with Crippen molar-refractivity contribution in [3.63, 3.8) is 0 Å². The van der Waals surface area contributed by atoms with Crippen LogP contribution in [0.15, 0.2) is 48.5 Å². The fraction of sp³-hybridized carbons (Fsp3) is 0.176. The maximum absolute atomic E-state index is 6.45. The summed E-state index contributed by atoms with van der Waals surface area (Å²) in [5.41, 5.74) is 8.80. The molecule has 3 rings (SSSR count). The van der Waals surface area contributed by atoms with Gasteiger partial charge < -0.3 is 15.5 Å². The van der Waals surface area contributed by atoms with Crippen LogP contribution < -0.4 is 10.5 Å². The number of nitrogens with one attached hydrogen (secondary N) is 1. The topological polar surface area (TPSA) is 51.0 Å². The molecule has 3 nitrogen and oxygen atoms in total. The number of hydrogen-bond donors (Lipinski definition) is 2. The quantitative estimate of drug-likeness (QED) is 0.728. The van der Waals surface area contributed by atoms with Crippen LogP contribution in [0.5, 0.6) is 5.75 Å². The summed E-state index contributed by atoms with van der Waals surface area (Å²) in [4.78, 5) is 3.32. The predicted molar refractivity (Wildman–Crippen MR) is 94.1 cm³/mol. The van der Waals surface area contributed by atoms with Crippen LogP contribution in [0.2, 0.25) is 5.02 Å². The van der Waals surface area contributed by atoms with Crippen molar-refractivity contribution in [1.82, 2.24) is 4.98 Å². The summed E-state index contributed by atoms with van der Waals surface area (Å²) in [5, 5.41) is 1.62. The zero-order chi connectivity index (χ0) is 14.7. The zero-order valence-corrected chi connectivity index (χ0v) is 13.6. The molecule has 2 aromatic carbocycles. The third-order valence-electron chi connectivity index (χ3n) is 3.41. The van der Waals surface area contributed by atoms with E-state index in [9.17, 15) is 0 Å². The van der Waals surface area contributed by atoms with Gasteiger partial charge in [-0.25, -0.2) is 0 Å². The van der Waals surface area contributed by atoms with Gasteiger partial charge in [0, 0.05) is 16.6 Å². The average Bonchev–Trinajstić information content (AvgIpc) is 2.92. The molecule has 22 heavy (non-hydrogen) atoms. The Kier molecular flexibility index (Phi) is 5.72. The van der Waals surface area contributed by atoms with Crippen LogP contribution in [-0.2, 0) is 13.0 Å². The second-order valence-electron chi connectivity index (χ2n) is 4.95. The van der Waals surface area contributed by atoms with E-state index in [0.29, 0.717) is 23.9 Å². The van der Waals surface area contributed by atoms with Crippen molar-refractivity contribution in [3.05, 3.63) is 64.8 Å². The van der Waals surface area contributed by atoms with Crippen molar-refractivity contribution < 1.29 is 4.74 Å². The summed E-state index contributed by atoms with van der Waals surface area (Å²) >= 11 is 6.45. The molecule has 0 radical (unpaired) electrons. The summed E-state index contributed by atoms with van der Waals surface area (Å²) in [6.07, 6.45) is 0.811. The van der Waals surface area contributed by atoms with Gasteiger partial charge in [-0.15, -0.1) is 12.4 Å². The molecule has 0 fully saturated rings. The van der Waals surface area contributed by atoms with Crippen molar-refractivity contribution >= 4 is 34.9 Å². The van der Waals surface area contributed by atoms with E-state index in [1.807, 2.05) is 48.5 Å². The highest BCUT2D eigenvalue weighted by Crippen LogP contribution is 2.33. The summed E-state index contributed by atoms with van der Waals surface area (Å²) in [5.74, 6) is 0.700. The van der Waals surface area contributed by atoms with Crippen LogP contribution in [0.25, 0.3) is 10.9 Å². The lowest BCUT2D eigenvalue weighted by atomic mass is 10.2. The third kappa shape index (κ3) is 3.55. The third-order valence-corrected chi connectivity index (χ3v) is 3.80. The van der Waals surface area contributed by atoms with E-state index in [-0.39, 0.29) is 12.4 Å². The van der Waals surface area contributed by atoms with Gasteiger partial charge in [-0.1, -0.05) is 41.9 Å². The molecule has 0 amide bonds. The highest BCUT2D eigenvalue weighted by atomic mass is 35.5. The summed E-state index contributed by atoms with van der Waals surface area (Å²) in [6, 6.07) is 16.0. The minimum atomic E-state index is 0. The minimum Gasteiger partial charge on any atom is -0.487 e. The molecule has 116 valence electrons. The molecule has 3 N–H and O–H groups in total. The second-order valence-corrected chi connectivity index (χ2v) is 5.32. The lowest BCUT2D eigenvalue weighted by Gasteiger charge is -2.08. The van der Waals surface area contributed by atoms with Gasteiger partial charge in [-0.2, -0.15) is 0 Å². The molecule has 5 heteroatoms. The van der Waals surface area contributed by atoms with Crippen molar-refractivity contribution in [3.8, 4) is 5.75 Å². The number of nitrogens with two attached hydrogens (primary N) is 1. The Morgan fingerprint density at radius 1 is 1.09 bits per heavy atom. The van der Waals surface area contributed by atoms with E-state index in [4.69, 9.17) is 22.1 Å². The summed E-state index contributed by atoms with van der Waals surface area (Å²) in [6.45, 7) is 1.12. The van der Waals surface area contributed by atoms with Gasteiger partial charge in [-0.05, 0) is 36.7 Å². The number of H-pyrrole nitrogens is 1. The predicted octanol–water partition coefficient (Wildman–Crippen LogP) is 4.32. The van der Waals surface area contributed by atoms with Crippen LogP contribution in [0.1, 0.15) is 11.3 Å². The average molecular weight is 337 g/mol. The van der Waals surface area contributed by atoms with E-state index >= 15 is 0 Å². The molecule has 0 spiro atoms. The molecule has 0 saturated heterocycles. The Labute approximate surface area is 140 Å². The van der Waals surface area contributed by atoms with Gasteiger partial charge in [-0.3, -0.25) is 0 Å². The van der Waals surface area contributed by atoms with Crippen molar-refractivity contribution in [1.29, 1.82) is 0 Å². The molecule has 0 aliphatic carbocycles. The molecule has 0 atom stereocenters. The summed E-state index contributed by atoms with van der Waals surface area (Å²) in [7, 11) is 0. The Morgan fingerprint density at radius 2 is 1.86 bits per heavy atom. The number of hydrogen-bond acceptors (Lipinski definition) is 2. The number of ether oxygens (including phenoxy) is 1. The van der Waals surface area contributed by atoms with Gasteiger partial charge in [0.05, 0.1) is 5.02 Å². The lowest BCUT2D eigenvalue weighted by molar-refractivity contribution is 0.307. The normalized spacial score (nSPS) is 10.5. The SMILES string of the molecule is Cl.NCCc1cc2c(Cl)c(OCc3ccccc3)ccc2[nH]1. The van der Waals surface area contributed by atoms with Crippen LogP contribution in [0.4, 0.5) is 0 Å². The number of halogens is 2. The zero-order valence-electron chi connectivity index (χ0n) is 12.0. The second kappa shape index (κ2) is 7.54. The molecular weight excluding hydrogens is 319 g/mol. The van der Waals surface area contributed by atoms with Gasteiger partial charge in [0.15, 0.2) is 0 Å². The first-order valence-corrected chi connectivity index (χ1v) is 7.32. The summed E-state index contributed by atoms with van der Waals surface area (Å²) < 4.78 is 5.83. The minimum absolute atomic E-state index is 0. The fourth-order valence-corrected chi connectivity index (χ4v) is 2.62. The monoisotopic (exact) mass is 336 g/mol. The van der Waals surface area contributed by atoms with E-state index in [2.05, 4.69) is 4.98 Å². The molecule has 0 aliphatic heterocycles. The maximum atomic E-state index is 6.45. The lowest BCUT2D eigenvalue weighted by Crippen LogP contribution is -2.02. The standard InChI is InChI=1S/C17H17ClN2O.ClH/c18-17-14-10-13(8-9-19)20-15(14)6-7-16(17)21-11-12-4-2-1-3-5-12;/h1-7,10,20H,8-9,11,19H2;1H. The number of fused-ring (bicyclic) bond motifs is 1. The Bertz CT molecular complexity index is 741. The van der Waals surface area contributed by atoms with Crippen LogP contribution in [0.3, 0.4) is 0 Å². The molecule has 1 heterocycles. The first-order valence-electron chi connectivity index (χ1n) is 6.95. The largest absolute Gasteiger partial charge is 0.487 e. The van der Waals surface area contributed by atoms with Gasteiger partial charge in [0.1, 0.15) is 12.4 Å². The molecule has 0 saturated carbocycles. The molecule has 0 unspecified atom stereocenters. The number of aromatic amines is 1. The number of benzene rings is 2. The Morgan fingerprint density at radius 3 is 2.59 bits per heavy atom. The smallest absolute Gasteiger partial charge is 0.139 e. The first kappa shape index (κ1) is 16.7. The van der Waals surface area contributed by atoms with Gasteiger partial charge in [0.25, 0.3) is 0 Å². The first-order chi connectivity index (χ1) is 10.3. The molecule has 0 aliphatic rings. The van der Waals surface area contributed by atoms with Gasteiger partial charge >= 0.3 is 0 Å².